The highest BCUT2D eigenvalue weighted by molar-refractivity contribution is 5.94. The number of methoxy groups -OCH3 is 2. The van der Waals surface area contributed by atoms with E-state index in [0.717, 1.165) is 31.2 Å². The van der Waals surface area contributed by atoms with Crippen LogP contribution >= 0.6 is 0 Å². The Kier molecular flexibility index (Phi) is 12.1. The second-order valence-corrected chi connectivity index (χ2v) is 13.8. The van der Waals surface area contributed by atoms with Crippen LogP contribution in [0.25, 0.3) is 22.3 Å². The van der Waals surface area contributed by atoms with Crippen LogP contribution in [0.15, 0.2) is 72.8 Å². The van der Waals surface area contributed by atoms with Crippen molar-refractivity contribution in [3.63, 3.8) is 0 Å². The van der Waals surface area contributed by atoms with Crippen molar-refractivity contribution >= 4 is 28.8 Å². The predicted molar refractivity (Wildman–Crippen MR) is 201 cm³/mol. The first-order chi connectivity index (χ1) is 26.1. The van der Waals surface area contributed by atoms with Crippen molar-refractivity contribution in [2.24, 2.45) is 0 Å². The lowest BCUT2D eigenvalue weighted by atomic mass is 9.85. The number of hydrogen-bond acceptors (Lipinski definition) is 8. The van der Waals surface area contributed by atoms with Gasteiger partial charge in [-0.3, -0.25) is 4.79 Å². The molecule has 12 nitrogen and oxygen atoms in total. The molecule has 1 radical (unpaired) electrons. The normalized spacial score (nSPS) is 21.6. The molecule has 13 heteroatoms. The van der Waals surface area contributed by atoms with Crippen LogP contribution in [0.4, 0.5) is 9.18 Å². The molecule has 6 rings (SSSR count). The van der Waals surface area contributed by atoms with Gasteiger partial charge in [-0.2, -0.15) is 4.98 Å². The van der Waals surface area contributed by atoms with Crippen molar-refractivity contribution < 1.29 is 38.1 Å². The quantitative estimate of drug-likeness (QED) is 0.141. The SMILES string of the molecule is COc1ccc(CC2(C(=O)O)CCC=CCCCCCNC(=O)[N+]3CC(Oc4nc(-c5ccc(F)cc5)nc5c(C)c(OC)ccc45)CC3C(=O)N2)cc1. The maximum Gasteiger partial charge on any atom is 0.465 e. The Morgan fingerprint density at radius 1 is 0.963 bits per heavy atom. The summed E-state index contributed by atoms with van der Waals surface area (Å²) in [4.78, 5) is 52.3. The van der Waals surface area contributed by atoms with E-state index in [1.807, 2.05) is 19.1 Å². The molecule has 2 aliphatic heterocycles. The van der Waals surface area contributed by atoms with Crippen LogP contribution < -0.4 is 29.7 Å². The highest BCUT2D eigenvalue weighted by Crippen LogP contribution is 2.35. The number of urea groups is 1. The molecule has 3 atom stereocenters. The van der Waals surface area contributed by atoms with Crippen molar-refractivity contribution in [2.75, 3.05) is 27.3 Å². The molecule has 1 aromatic heterocycles. The average Bonchev–Trinajstić information content (AvgIpc) is 3.60. The van der Waals surface area contributed by atoms with Gasteiger partial charge in [0.25, 0.3) is 5.91 Å². The van der Waals surface area contributed by atoms with Crippen LogP contribution in [0, 0.1) is 12.7 Å². The van der Waals surface area contributed by atoms with Crippen molar-refractivity contribution in [3.05, 3.63) is 89.8 Å². The lowest BCUT2D eigenvalue weighted by molar-refractivity contribution is -0.148. The van der Waals surface area contributed by atoms with Gasteiger partial charge in [-0.15, -0.1) is 0 Å². The maximum absolute atomic E-state index is 14.4. The summed E-state index contributed by atoms with van der Waals surface area (Å²) in [6.45, 7) is 2.33. The molecule has 1 fully saturated rings. The third kappa shape index (κ3) is 8.62. The molecule has 1 saturated heterocycles. The highest BCUT2D eigenvalue weighted by atomic mass is 19.1. The number of hydrogen-bond donors (Lipinski definition) is 3. The first-order valence-electron chi connectivity index (χ1n) is 18.3. The summed E-state index contributed by atoms with van der Waals surface area (Å²) in [7, 11) is 3.12. The number of halogens is 1. The van der Waals surface area contributed by atoms with Crippen LogP contribution in [0.1, 0.15) is 56.1 Å². The predicted octanol–water partition coefficient (Wildman–Crippen LogP) is 6.22. The number of nitrogens with zero attached hydrogens (tertiary/aromatic N) is 3. The molecule has 2 aliphatic rings. The van der Waals surface area contributed by atoms with E-state index in [2.05, 4.69) is 10.6 Å². The lowest BCUT2D eigenvalue weighted by Gasteiger charge is -2.31. The minimum Gasteiger partial charge on any atom is -0.497 e. The minimum absolute atomic E-state index is 0.0205. The molecule has 0 saturated carbocycles. The zero-order chi connectivity index (χ0) is 38.2. The number of carboxylic acid groups (broad SMARTS) is 1. The monoisotopic (exact) mass is 739 g/mol. The van der Waals surface area contributed by atoms with Crippen LogP contribution in [0.5, 0.6) is 17.4 Å². The Morgan fingerprint density at radius 3 is 2.44 bits per heavy atom. The minimum atomic E-state index is -1.67. The fourth-order valence-electron chi connectivity index (χ4n) is 7.11. The molecular weight excluding hydrogens is 693 g/mol. The number of fused-ring (bicyclic) bond motifs is 2. The maximum atomic E-state index is 14.4. The first kappa shape index (κ1) is 38.2. The molecular formula is C41H46FN5O7+. The topological polar surface area (TPSA) is 155 Å². The largest absolute Gasteiger partial charge is 0.497 e. The van der Waals surface area contributed by atoms with Gasteiger partial charge in [0.2, 0.25) is 11.9 Å². The number of carbonyl (C=O) groups excluding carboxylic acids is 2. The summed E-state index contributed by atoms with van der Waals surface area (Å²) in [6.07, 6.45) is 7.42. The highest BCUT2D eigenvalue weighted by Gasteiger charge is 2.53. The van der Waals surface area contributed by atoms with Crippen molar-refractivity contribution in [2.45, 2.75) is 76.0 Å². The van der Waals surface area contributed by atoms with E-state index in [1.54, 1.807) is 62.8 Å². The Labute approximate surface area is 313 Å². The number of aromatic nitrogens is 2. The summed E-state index contributed by atoms with van der Waals surface area (Å²) >= 11 is 0. The van der Waals surface area contributed by atoms with Crippen LogP contribution in [0.2, 0.25) is 0 Å². The third-order valence-electron chi connectivity index (χ3n) is 10.1. The van der Waals surface area contributed by atoms with Crippen LogP contribution in [0.3, 0.4) is 0 Å². The van der Waals surface area contributed by atoms with E-state index in [-0.39, 0.29) is 31.7 Å². The number of aliphatic carboxylic acids is 1. The van der Waals surface area contributed by atoms with E-state index in [4.69, 9.17) is 24.2 Å². The summed E-state index contributed by atoms with van der Waals surface area (Å²) in [5, 5.41) is 17.2. The van der Waals surface area contributed by atoms with Crippen molar-refractivity contribution in [3.8, 4) is 28.8 Å². The van der Waals surface area contributed by atoms with Crippen LogP contribution in [-0.4, -0.2) is 78.0 Å². The molecule has 54 heavy (non-hydrogen) atoms. The van der Waals surface area contributed by atoms with Crippen LogP contribution in [-0.2, 0) is 16.0 Å². The zero-order valence-corrected chi connectivity index (χ0v) is 30.8. The van der Waals surface area contributed by atoms with Gasteiger partial charge in [-0.25, -0.2) is 19.0 Å². The van der Waals surface area contributed by atoms with Gasteiger partial charge in [-0.1, -0.05) is 35.6 Å². The van der Waals surface area contributed by atoms with Gasteiger partial charge in [0.15, 0.2) is 18.5 Å². The molecule has 3 amide bonds. The third-order valence-corrected chi connectivity index (χ3v) is 10.1. The fourth-order valence-corrected chi connectivity index (χ4v) is 7.11. The number of aryl methyl sites for hydroxylation is 1. The van der Waals surface area contributed by atoms with E-state index < -0.39 is 41.4 Å². The number of nitrogens with one attached hydrogen (secondary N) is 2. The Morgan fingerprint density at radius 2 is 1.72 bits per heavy atom. The number of rotatable bonds is 8. The molecule has 3 heterocycles. The average molecular weight is 740 g/mol. The molecule has 4 aromatic rings. The first-order valence-corrected chi connectivity index (χ1v) is 18.3. The van der Waals surface area contributed by atoms with Gasteiger partial charge in [0.05, 0.1) is 31.5 Å². The Hall–Kier alpha value is -5.56. The molecule has 3 aromatic carbocycles. The standard InChI is InChI=1S/C41H46FN5O7/c1-26-34(53-3)20-19-32-35(26)44-36(28-13-15-29(42)16-14-28)45-38(32)54-31-23-33-37(48)46-41(39(49)50,24-27-11-17-30(52-2)18-12-27)21-9-7-5-4-6-8-10-22-43-40(51)47(33)25-31/h5,7,11-20,31,33H,4,6,8-10,21-25H2,1-3H3,(H,43,51)(H,46,48)(H,49,50)/q+1. The van der Waals surface area contributed by atoms with Gasteiger partial charge in [0, 0.05) is 24.1 Å². The number of carboxylic acids is 1. The lowest BCUT2D eigenvalue weighted by Crippen LogP contribution is -2.62. The second kappa shape index (κ2) is 17.1. The van der Waals surface area contributed by atoms with E-state index >= 15 is 0 Å². The number of benzene rings is 3. The molecule has 0 bridgehead atoms. The molecule has 0 aliphatic carbocycles. The summed E-state index contributed by atoms with van der Waals surface area (Å²) in [5.41, 5.74) is 0.916. The molecule has 283 valence electrons. The van der Waals surface area contributed by atoms with Gasteiger partial charge < -0.3 is 30.0 Å². The summed E-state index contributed by atoms with van der Waals surface area (Å²) < 4.78 is 31.3. The van der Waals surface area contributed by atoms with Crippen molar-refractivity contribution in [1.29, 1.82) is 0 Å². The van der Waals surface area contributed by atoms with Gasteiger partial charge in [0.1, 0.15) is 22.9 Å². The van der Waals surface area contributed by atoms with E-state index in [0.29, 0.717) is 52.3 Å². The number of carbonyl (C=O) groups is 3. The Balaban J connectivity index is 1.35. The van der Waals surface area contributed by atoms with Gasteiger partial charge >= 0.3 is 12.0 Å². The van der Waals surface area contributed by atoms with Crippen molar-refractivity contribution in [1.82, 2.24) is 25.5 Å². The van der Waals surface area contributed by atoms with E-state index in [1.165, 1.54) is 17.0 Å². The zero-order valence-electron chi connectivity index (χ0n) is 30.8. The number of amides is 3. The smallest absolute Gasteiger partial charge is 0.465 e. The van der Waals surface area contributed by atoms with E-state index in [9.17, 15) is 23.9 Å². The second-order valence-electron chi connectivity index (χ2n) is 13.8. The number of ether oxygens (including phenoxy) is 3. The number of allylic oxidation sites excluding steroid dienone is 2. The van der Waals surface area contributed by atoms with Gasteiger partial charge in [-0.05, 0) is 93.1 Å². The molecule has 3 N–H and O–H groups in total. The fraction of sp³-hybridized carbons (Fsp3) is 0.390. The summed E-state index contributed by atoms with van der Waals surface area (Å²) in [5.74, 6) is -0.407. The molecule has 3 unspecified atom stereocenters. The summed E-state index contributed by atoms with van der Waals surface area (Å²) in [6, 6.07) is 15.0. The molecule has 0 spiro atoms. The Bertz CT molecular complexity index is 2010.